The lowest BCUT2D eigenvalue weighted by Crippen LogP contribution is -2.57. The SMILES string of the molecule is Cc1nnnn1-c1ccc(CC(=O)N2CCOC3(CCN(C)CC3)C2)cc1. The summed E-state index contributed by atoms with van der Waals surface area (Å²) in [4.78, 5) is 17.2. The fourth-order valence-corrected chi connectivity index (χ4v) is 3.90. The lowest BCUT2D eigenvalue weighted by molar-refractivity contribution is -0.158. The molecule has 1 aromatic carbocycles. The molecule has 0 N–H and O–H groups in total. The van der Waals surface area contributed by atoms with Gasteiger partial charge < -0.3 is 14.5 Å². The molecule has 0 aliphatic carbocycles. The highest BCUT2D eigenvalue weighted by atomic mass is 16.5. The second-order valence-corrected chi connectivity index (χ2v) is 7.63. The topological polar surface area (TPSA) is 76.4 Å². The van der Waals surface area contributed by atoms with E-state index in [9.17, 15) is 4.79 Å². The first-order valence-electron chi connectivity index (χ1n) is 9.49. The van der Waals surface area contributed by atoms with E-state index >= 15 is 0 Å². The number of nitrogens with zero attached hydrogens (tertiary/aromatic N) is 6. The number of morpholine rings is 1. The molecule has 4 rings (SSSR count). The van der Waals surface area contributed by atoms with Crippen LogP contribution in [0.2, 0.25) is 0 Å². The maximum atomic E-state index is 12.8. The van der Waals surface area contributed by atoms with Crippen molar-refractivity contribution in [3.05, 3.63) is 35.7 Å². The molecule has 8 nitrogen and oxygen atoms in total. The van der Waals surface area contributed by atoms with Crippen molar-refractivity contribution in [2.24, 2.45) is 0 Å². The number of amides is 1. The first-order valence-corrected chi connectivity index (χ1v) is 9.49. The Morgan fingerprint density at radius 1 is 1.19 bits per heavy atom. The zero-order valence-electron chi connectivity index (χ0n) is 16.0. The third-order valence-electron chi connectivity index (χ3n) is 5.66. The lowest BCUT2D eigenvalue weighted by Gasteiger charge is -2.46. The molecular weight excluding hydrogens is 344 g/mol. The van der Waals surface area contributed by atoms with Gasteiger partial charge in [-0.15, -0.1) is 5.10 Å². The minimum Gasteiger partial charge on any atom is -0.371 e. The number of likely N-dealkylation sites (tertiary alicyclic amines) is 1. The molecule has 0 bridgehead atoms. The molecule has 0 radical (unpaired) electrons. The summed E-state index contributed by atoms with van der Waals surface area (Å²) < 4.78 is 7.79. The van der Waals surface area contributed by atoms with E-state index in [4.69, 9.17) is 4.74 Å². The van der Waals surface area contributed by atoms with Gasteiger partial charge in [0.1, 0.15) is 0 Å². The van der Waals surface area contributed by atoms with Gasteiger partial charge in [-0.05, 0) is 54.9 Å². The minimum absolute atomic E-state index is 0.151. The largest absolute Gasteiger partial charge is 0.371 e. The van der Waals surface area contributed by atoms with Crippen molar-refractivity contribution in [3.63, 3.8) is 0 Å². The maximum absolute atomic E-state index is 12.8. The van der Waals surface area contributed by atoms with E-state index < -0.39 is 0 Å². The van der Waals surface area contributed by atoms with Crippen molar-refractivity contribution in [3.8, 4) is 5.69 Å². The molecule has 1 spiro atoms. The van der Waals surface area contributed by atoms with Gasteiger partial charge in [-0.25, -0.2) is 0 Å². The summed E-state index contributed by atoms with van der Waals surface area (Å²) in [5, 5.41) is 11.5. The van der Waals surface area contributed by atoms with E-state index in [1.165, 1.54) is 0 Å². The van der Waals surface area contributed by atoms with Crippen LogP contribution in [-0.2, 0) is 16.0 Å². The zero-order valence-corrected chi connectivity index (χ0v) is 16.0. The Hall–Kier alpha value is -2.32. The predicted octanol–water partition coefficient (Wildman–Crippen LogP) is 0.836. The summed E-state index contributed by atoms with van der Waals surface area (Å²) in [6.45, 7) is 5.93. The fraction of sp³-hybridized carbons (Fsp3) is 0.579. The van der Waals surface area contributed by atoms with Crippen LogP contribution in [-0.4, -0.2) is 81.3 Å². The van der Waals surface area contributed by atoms with Gasteiger partial charge in [-0.1, -0.05) is 12.1 Å². The van der Waals surface area contributed by atoms with Gasteiger partial charge >= 0.3 is 0 Å². The summed E-state index contributed by atoms with van der Waals surface area (Å²) in [6.07, 6.45) is 2.39. The number of carbonyl (C=O) groups excluding carboxylic acids is 1. The number of benzene rings is 1. The molecule has 0 saturated carbocycles. The Morgan fingerprint density at radius 3 is 2.59 bits per heavy atom. The van der Waals surface area contributed by atoms with Crippen molar-refractivity contribution >= 4 is 5.91 Å². The second-order valence-electron chi connectivity index (χ2n) is 7.63. The number of hydrogen-bond donors (Lipinski definition) is 0. The normalized spacial score (nSPS) is 20.1. The summed E-state index contributed by atoms with van der Waals surface area (Å²) in [5.74, 6) is 0.901. The monoisotopic (exact) mass is 370 g/mol. The highest BCUT2D eigenvalue weighted by Crippen LogP contribution is 2.30. The third kappa shape index (κ3) is 3.86. The third-order valence-corrected chi connectivity index (χ3v) is 5.66. The first-order chi connectivity index (χ1) is 13.0. The Morgan fingerprint density at radius 2 is 1.93 bits per heavy atom. The standard InChI is InChI=1S/C19H26N6O2/c1-15-20-21-22-25(15)17-5-3-16(4-6-17)13-18(26)24-11-12-27-19(14-24)7-9-23(2)10-8-19/h3-6H,7-14H2,1-2H3. The number of aromatic nitrogens is 4. The molecule has 1 aromatic heterocycles. The molecule has 27 heavy (non-hydrogen) atoms. The average Bonchev–Trinajstić information content (AvgIpc) is 3.11. The van der Waals surface area contributed by atoms with Crippen LogP contribution in [0.1, 0.15) is 24.2 Å². The van der Waals surface area contributed by atoms with Crippen LogP contribution in [0.15, 0.2) is 24.3 Å². The molecule has 1 amide bonds. The Kier molecular flexibility index (Phi) is 4.92. The first kappa shape index (κ1) is 18.1. The Labute approximate surface area is 159 Å². The number of hydrogen-bond acceptors (Lipinski definition) is 6. The van der Waals surface area contributed by atoms with Crippen molar-refractivity contribution in [1.29, 1.82) is 0 Å². The van der Waals surface area contributed by atoms with Crippen molar-refractivity contribution in [2.75, 3.05) is 39.8 Å². The van der Waals surface area contributed by atoms with Gasteiger partial charge in [0.25, 0.3) is 0 Å². The number of aryl methyl sites for hydroxylation is 1. The highest BCUT2D eigenvalue weighted by molar-refractivity contribution is 5.79. The molecular formula is C19H26N6O2. The molecule has 144 valence electrons. The van der Waals surface area contributed by atoms with Gasteiger partial charge in [-0.3, -0.25) is 4.79 Å². The lowest BCUT2D eigenvalue weighted by atomic mass is 9.89. The minimum atomic E-state index is -0.151. The quantitative estimate of drug-likeness (QED) is 0.797. The van der Waals surface area contributed by atoms with Gasteiger partial charge in [0, 0.05) is 26.2 Å². The fourth-order valence-electron chi connectivity index (χ4n) is 3.90. The van der Waals surface area contributed by atoms with Crippen LogP contribution >= 0.6 is 0 Å². The van der Waals surface area contributed by atoms with Crippen molar-refractivity contribution < 1.29 is 9.53 Å². The van der Waals surface area contributed by atoms with Gasteiger partial charge in [-0.2, -0.15) is 4.68 Å². The Bertz CT molecular complexity index is 795. The molecule has 0 unspecified atom stereocenters. The number of ether oxygens (including phenoxy) is 1. The van der Waals surface area contributed by atoms with Crippen LogP contribution < -0.4 is 0 Å². The molecule has 2 aliphatic heterocycles. The number of piperidine rings is 1. The molecule has 3 heterocycles. The van der Waals surface area contributed by atoms with Crippen LogP contribution in [0, 0.1) is 6.92 Å². The Balaban J connectivity index is 1.39. The molecule has 2 aliphatic rings. The number of rotatable bonds is 3. The van der Waals surface area contributed by atoms with E-state index in [0.717, 1.165) is 43.0 Å². The number of tetrazole rings is 1. The van der Waals surface area contributed by atoms with Crippen LogP contribution in [0.5, 0.6) is 0 Å². The van der Waals surface area contributed by atoms with E-state index in [1.807, 2.05) is 36.1 Å². The van der Waals surface area contributed by atoms with Gasteiger partial charge in [0.2, 0.25) is 5.91 Å². The van der Waals surface area contributed by atoms with E-state index in [2.05, 4.69) is 27.5 Å². The summed E-state index contributed by atoms with van der Waals surface area (Å²) in [6, 6.07) is 7.84. The molecule has 0 atom stereocenters. The van der Waals surface area contributed by atoms with Crippen LogP contribution in [0.25, 0.3) is 5.69 Å². The molecule has 2 aromatic rings. The van der Waals surface area contributed by atoms with Crippen LogP contribution in [0.3, 0.4) is 0 Å². The number of carbonyl (C=O) groups is 1. The average molecular weight is 370 g/mol. The van der Waals surface area contributed by atoms with E-state index in [1.54, 1.807) is 4.68 Å². The van der Waals surface area contributed by atoms with E-state index in [-0.39, 0.29) is 11.5 Å². The molecule has 8 heteroatoms. The highest BCUT2D eigenvalue weighted by Gasteiger charge is 2.40. The second kappa shape index (κ2) is 7.36. The smallest absolute Gasteiger partial charge is 0.227 e. The summed E-state index contributed by atoms with van der Waals surface area (Å²) in [5.41, 5.74) is 1.74. The van der Waals surface area contributed by atoms with Crippen LogP contribution in [0.4, 0.5) is 0 Å². The van der Waals surface area contributed by atoms with Crippen molar-refractivity contribution in [2.45, 2.75) is 31.8 Å². The molecule has 2 fully saturated rings. The van der Waals surface area contributed by atoms with Gasteiger partial charge in [0.05, 0.1) is 24.3 Å². The summed E-state index contributed by atoms with van der Waals surface area (Å²) in [7, 11) is 2.14. The molecule has 2 saturated heterocycles. The van der Waals surface area contributed by atoms with Crippen molar-refractivity contribution in [1.82, 2.24) is 30.0 Å². The van der Waals surface area contributed by atoms with Gasteiger partial charge in [0.15, 0.2) is 5.82 Å². The maximum Gasteiger partial charge on any atom is 0.227 e. The van der Waals surface area contributed by atoms with E-state index in [0.29, 0.717) is 26.1 Å². The summed E-state index contributed by atoms with van der Waals surface area (Å²) >= 11 is 0. The zero-order chi connectivity index (χ0) is 18.9. The predicted molar refractivity (Wildman–Crippen MR) is 99.6 cm³/mol.